The zero-order valence-electron chi connectivity index (χ0n) is 21.4. The Bertz CT molecular complexity index is 1740. The molecule has 0 bridgehead atoms. The van der Waals surface area contributed by atoms with E-state index in [1.54, 1.807) is 0 Å². The first kappa shape index (κ1) is 22.7. The summed E-state index contributed by atoms with van der Waals surface area (Å²) in [4.78, 5) is 2.32. The monoisotopic (exact) mass is 494 g/mol. The summed E-state index contributed by atoms with van der Waals surface area (Å²) in [5, 5.41) is 12.1. The third-order valence-corrected chi connectivity index (χ3v) is 7.84. The first-order chi connectivity index (χ1) is 18.6. The minimum absolute atomic E-state index is 0.140. The van der Waals surface area contributed by atoms with Crippen LogP contribution >= 0.6 is 0 Å². The van der Waals surface area contributed by atoms with Crippen molar-refractivity contribution in [1.29, 1.82) is 0 Å². The minimum atomic E-state index is -0.393. The zero-order chi connectivity index (χ0) is 25.9. The van der Waals surface area contributed by atoms with Crippen molar-refractivity contribution in [3.8, 4) is 11.4 Å². The molecule has 0 spiro atoms. The first-order valence-corrected chi connectivity index (χ1v) is 12.9. The Labute approximate surface area is 222 Å². The maximum Gasteiger partial charge on any atom is 0.504 e. The molecule has 0 amide bonds. The molecule has 184 valence electrons. The van der Waals surface area contributed by atoms with Crippen LogP contribution in [-0.4, -0.2) is 17.3 Å². The summed E-state index contributed by atoms with van der Waals surface area (Å²) in [6.45, 7) is 4.58. The van der Waals surface area contributed by atoms with Crippen LogP contribution in [0.5, 0.6) is 5.75 Å². The van der Waals surface area contributed by atoms with Crippen molar-refractivity contribution in [3.05, 3.63) is 126 Å². The molecule has 5 aromatic carbocycles. The van der Waals surface area contributed by atoms with Crippen molar-refractivity contribution in [2.45, 2.75) is 19.3 Å². The van der Waals surface area contributed by atoms with Gasteiger partial charge in [0, 0.05) is 28.3 Å². The zero-order valence-corrected chi connectivity index (χ0v) is 21.4. The van der Waals surface area contributed by atoms with E-state index in [2.05, 4.69) is 126 Å². The molecule has 0 saturated heterocycles. The summed E-state index contributed by atoms with van der Waals surface area (Å²) in [6, 6.07) is 40.4. The van der Waals surface area contributed by atoms with Crippen molar-refractivity contribution in [1.82, 2.24) is 4.57 Å². The maximum atomic E-state index is 9.73. The standard InChI is InChI=1S/C33H27BN2O2/c1-33(2)27-13-5-9-17-31(27)36(32-18-10-6-14-28(32)33)23-19-22(20-24(21-23)38-34-37)35-29-15-7-3-11-25(29)26-12-4-8-16-30(26)35/h3-21,34,37H,1-2H3. The van der Waals surface area contributed by atoms with Gasteiger partial charge in [-0.25, -0.2) is 0 Å². The van der Waals surface area contributed by atoms with Gasteiger partial charge in [-0.15, -0.1) is 0 Å². The highest BCUT2D eigenvalue weighted by molar-refractivity contribution is 6.17. The fraction of sp³-hybridized carbons (Fsp3) is 0.0909. The molecule has 0 aliphatic carbocycles. The molecule has 5 heteroatoms. The van der Waals surface area contributed by atoms with Crippen molar-refractivity contribution in [2.24, 2.45) is 0 Å². The van der Waals surface area contributed by atoms with Crippen LogP contribution in [0.3, 0.4) is 0 Å². The van der Waals surface area contributed by atoms with Crippen molar-refractivity contribution >= 4 is 46.6 Å². The van der Waals surface area contributed by atoms with E-state index < -0.39 is 7.69 Å². The van der Waals surface area contributed by atoms with Gasteiger partial charge in [0.05, 0.1) is 33.8 Å². The first-order valence-electron chi connectivity index (χ1n) is 12.9. The quantitative estimate of drug-likeness (QED) is 0.258. The predicted molar refractivity (Wildman–Crippen MR) is 158 cm³/mol. The molecule has 2 heterocycles. The largest absolute Gasteiger partial charge is 0.539 e. The van der Waals surface area contributed by atoms with Gasteiger partial charge in [0.2, 0.25) is 0 Å². The highest BCUT2D eigenvalue weighted by atomic mass is 16.5. The van der Waals surface area contributed by atoms with Crippen LogP contribution in [-0.2, 0) is 5.41 Å². The summed E-state index contributed by atoms with van der Waals surface area (Å²) in [7, 11) is -0.393. The van der Waals surface area contributed by atoms with E-state index in [4.69, 9.17) is 4.65 Å². The highest BCUT2D eigenvalue weighted by Crippen LogP contribution is 2.52. The summed E-state index contributed by atoms with van der Waals surface area (Å²) in [5.74, 6) is 0.613. The van der Waals surface area contributed by atoms with E-state index in [1.165, 1.54) is 21.9 Å². The minimum Gasteiger partial charge on any atom is -0.539 e. The van der Waals surface area contributed by atoms with Gasteiger partial charge in [-0.05, 0) is 41.5 Å². The second-order valence-electron chi connectivity index (χ2n) is 10.3. The number of fused-ring (bicyclic) bond motifs is 5. The molecule has 1 aromatic heterocycles. The lowest BCUT2D eigenvalue weighted by molar-refractivity contribution is 0.454. The molecule has 38 heavy (non-hydrogen) atoms. The fourth-order valence-corrected chi connectivity index (χ4v) is 6.13. The van der Waals surface area contributed by atoms with E-state index >= 15 is 0 Å². The van der Waals surface area contributed by atoms with E-state index in [1.807, 2.05) is 12.1 Å². The molecule has 1 aliphatic rings. The average Bonchev–Trinajstić information content (AvgIpc) is 3.28. The molecule has 0 saturated carbocycles. The summed E-state index contributed by atoms with van der Waals surface area (Å²) in [5.41, 5.74) is 8.89. The van der Waals surface area contributed by atoms with Gasteiger partial charge in [0.15, 0.2) is 0 Å². The van der Waals surface area contributed by atoms with E-state index in [9.17, 15) is 5.02 Å². The smallest absolute Gasteiger partial charge is 0.504 e. The average molecular weight is 494 g/mol. The van der Waals surface area contributed by atoms with E-state index in [0.29, 0.717) is 5.75 Å². The molecule has 7 rings (SSSR count). The molecule has 4 nitrogen and oxygen atoms in total. The number of aromatic nitrogens is 1. The van der Waals surface area contributed by atoms with Crippen LogP contribution in [0.25, 0.3) is 27.5 Å². The Morgan fingerprint density at radius 2 is 1.13 bits per heavy atom. The van der Waals surface area contributed by atoms with Gasteiger partial charge in [0.25, 0.3) is 0 Å². The Morgan fingerprint density at radius 3 is 1.71 bits per heavy atom. The van der Waals surface area contributed by atoms with Gasteiger partial charge in [-0.2, -0.15) is 0 Å². The van der Waals surface area contributed by atoms with Gasteiger partial charge in [-0.1, -0.05) is 86.6 Å². The lowest BCUT2D eigenvalue weighted by atomic mass is 9.73. The van der Waals surface area contributed by atoms with Crippen molar-refractivity contribution in [2.75, 3.05) is 4.90 Å². The summed E-state index contributed by atoms with van der Waals surface area (Å²) in [6.07, 6.45) is 0. The molecule has 0 unspecified atom stereocenters. The maximum absolute atomic E-state index is 9.73. The molecule has 1 aliphatic heterocycles. The SMILES string of the molecule is CC1(C)c2ccccc2N(c2cc(OBO)cc(-n3c4ccccc4c4ccccc43)c2)c2ccccc21. The third-order valence-electron chi connectivity index (χ3n) is 7.84. The fourth-order valence-electron chi connectivity index (χ4n) is 6.13. The number of hydrogen-bond acceptors (Lipinski definition) is 3. The number of para-hydroxylation sites is 4. The number of benzene rings is 5. The highest BCUT2D eigenvalue weighted by Gasteiger charge is 2.36. The van der Waals surface area contributed by atoms with Crippen LogP contribution in [0.2, 0.25) is 0 Å². The Balaban J connectivity index is 1.53. The Hall–Kier alpha value is -4.48. The normalized spacial score (nSPS) is 13.8. The van der Waals surface area contributed by atoms with E-state index in [0.717, 1.165) is 33.8 Å². The van der Waals surface area contributed by atoms with Crippen LogP contribution in [0.4, 0.5) is 17.1 Å². The number of anilines is 3. The van der Waals surface area contributed by atoms with Crippen LogP contribution in [0.15, 0.2) is 115 Å². The van der Waals surface area contributed by atoms with Crippen LogP contribution < -0.4 is 9.55 Å². The molecule has 1 N–H and O–H groups in total. The molecule has 6 aromatic rings. The molecule has 0 radical (unpaired) electrons. The summed E-state index contributed by atoms with van der Waals surface area (Å²) < 4.78 is 8.01. The van der Waals surface area contributed by atoms with Crippen LogP contribution in [0, 0.1) is 0 Å². The van der Waals surface area contributed by atoms with Crippen LogP contribution in [0.1, 0.15) is 25.0 Å². The molecular formula is C33H27BN2O2. The molecule has 0 atom stereocenters. The second-order valence-corrected chi connectivity index (χ2v) is 10.3. The summed E-state index contributed by atoms with van der Waals surface area (Å²) >= 11 is 0. The van der Waals surface area contributed by atoms with Gasteiger partial charge >= 0.3 is 7.69 Å². The molecular weight excluding hydrogens is 467 g/mol. The number of rotatable bonds is 4. The van der Waals surface area contributed by atoms with Gasteiger partial charge in [-0.3, -0.25) is 0 Å². The molecule has 0 fully saturated rings. The lowest BCUT2D eigenvalue weighted by Crippen LogP contribution is -2.30. The van der Waals surface area contributed by atoms with E-state index in [-0.39, 0.29) is 5.41 Å². The van der Waals surface area contributed by atoms with Gasteiger partial charge < -0.3 is 19.1 Å². The Kier molecular flexibility index (Phi) is 5.10. The third kappa shape index (κ3) is 3.29. The van der Waals surface area contributed by atoms with Crippen molar-refractivity contribution < 1.29 is 9.68 Å². The second kappa shape index (κ2) is 8.54. The topological polar surface area (TPSA) is 37.6 Å². The van der Waals surface area contributed by atoms with Crippen molar-refractivity contribution in [3.63, 3.8) is 0 Å². The number of hydrogen-bond donors (Lipinski definition) is 1. The number of nitrogens with zero attached hydrogens (tertiary/aromatic N) is 2. The Morgan fingerprint density at radius 1 is 0.632 bits per heavy atom. The lowest BCUT2D eigenvalue weighted by Gasteiger charge is -2.42. The van der Waals surface area contributed by atoms with Gasteiger partial charge in [0.1, 0.15) is 5.75 Å². The predicted octanol–water partition coefficient (Wildman–Crippen LogP) is 7.53.